The highest BCUT2D eigenvalue weighted by molar-refractivity contribution is 6.16. The summed E-state index contributed by atoms with van der Waals surface area (Å²) in [6, 6.07) is 12.8. The van der Waals surface area contributed by atoms with Crippen LogP contribution in [0.25, 0.3) is 0 Å². The van der Waals surface area contributed by atoms with Crippen molar-refractivity contribution in [1.82, 2.24) is 4.90 Å². The van der Waals surface area contributed by atoms with Gasteiger partial charge in [0.2, 0.25) is 5.91 Å². The van der Waals surface area contributed by atoms with Gasteiger partial charge in [-0.1, -0.05) is 17.7 Å². The van der Waals surface area contributed by atoms with Crippen LogP contribution in [0.2, 0.25) is 0 Å². The highest BCUT2D eigenvalue weighted by atomic mass is 16.5. The lowest BCUT2D eigenvalue weighted by atomic mass is 10.2. The van der Waals surface area contributed by atoms with Crippen molar-refractivity contribution in [2.24, 2.45) is 0 Å². The molecule has 4 rings (SSSR count). The monoisotopic (exact) mass is 436 g/mol. The first kappa shape index (κ1) is 21.8. The number of anilines is 3. The second-order valence-electron chi connectivity index (χ2n) is 8.18. The van der Waals surface area contributed by atoms with Crippen molar-refractivity contribution in [3.8, 4) is 0 Å². The van der Waals surface area contributed by atoms with Crippen LogP contribution in [-0.4, -0.2) is 61.1 Å². The highest BCUT2D eigenvalue weighted by Crippen LogP contribution is 2.28. The molecule has 0 spiro atoms. The molecule has 0 bridgehead atoms. The second kappa shape index (κ2) is 9.00. The Bertz CT molecular complexity index is 1000. The number of nitrogens with zero attached hydrogens (tertiary/aromatic N) is 3. The summed E-state index contributed by atoms with van der Waals surface area (Å²) in [5, 5.41) is 2.82. The molecule has 1 N–H and O–H groups in total. The summed E-state index contributed by atoms with van der Waals surface area (Å²) < 4.78 is 5.38. The van der Waals surface area contributed by atoms with Gasteiger partial charge in [-0.05, 0) is 57.2 Å². The van der Waals surface area contributed by atoms with E-state index in [1.807, 2.05) is 43.3 Å². The van der Waals surface area contributed by atoms with Crippen LogP contribution < -0.4 is 15.1 Å². The number of carbonyl (C=O) groups is 3. The van der Waals surface area contributed by atoms with E-state index in [2.05, 4.69) is 10.2 Å². The van der Waals surface area contributed by atoms with Crippen molar-refractivity contribution < 1.29 is 19.1 Å². The molecule has 2 heterocycles. The number of rotatable bonds is 5. The van der Waals surface area contributed by atoms with Gasteiger partial charge < -0.3 is 15.0 Å². The van der Waals surface area contributed by atoms with Gasteiger partial charge in [-0.15, -0.1) is 0 Å². The van der Waals surface area contributed by atoms with E-state index >= 15 is 0 Å². The summed E-state index contributed by atoms with van der Waals surface area (Å²) in [5.41, 5.74) is 3.37. The van der Waals surface area contributed by atoms with Crippen LogP contribution in [-0.2, 0) is 14.3 Å². The molecule has 0 radical (unpaired) electrons. The number of nitrogens with one attached hydrogen (secondary N) is 1. The van der Waals surface area contributed by atoms with E-state index in [0.29, 0.717) is 24.6 Å². The summed E-state index contributed by atoms with van der Waals surface area (Å²) in [6.45, 7) is 8.26. The molecule has 2 saturated heterocycles. The third-order valence-corrected chi connectivity index (χ3v) is 5.98. The molecule has 0 aliphatic carbocycles. The zero-order valence-corrected chi connectivity index (χ0v) is 18.6. The number of carbonyl (C=O) groups excluding carboxylic acids is 3. The molecule has 2 aromatic rings. The molecule has 2 aliphatic rings. The average Bonchev–Trinajstić information content (AvgIpc) is 3.03. The first-order valence-corrected chi connectivity index (χ1v) is 10.8. The maximum Gasteiger partial charge on any atom is 0.332 e. The Kier molecular flexibility index (Phi) is 6.14. The average molecular weight is 437 g/mol. The van der Waals surface area contributed by atoms with Crippen LogP contribution in [0, 0.1) is 6.92 Å². The first-order valence-electron chi connectivity index (χ1n) is 10.8. The Labute approximate surface area is 187 Å². The minimum Gasteiger partial charge on any atom is -0.378 e. The predicted molar refractivity (Wildman–Crippen MR) is 123 cm³/mol. The molecular weight excluding hydrogens is 408 g/mol. The van der Waals surface area contributed by atoms with E-state index in [9.17, 15) is 14.4 Å². The minimum absolute atomic E-state index is 0.388. The molecule has 8 heteroatoms. The zero-order chi connectivity index (χ0) is 22.8. The SMILES string of the molecule is Cc1ccc(N2C(=O)N([C@H](C)C(=O)Nc3ccc(N4CCOCC4)cc3)C(=O)[C@@H]2C)cc1. The van der Waals surface area contributed by atoms with E-state index in [1.54, 1.807) is 26.0 Å². The molecule has 8 nitrogen and oxygen atoms in total. The van der Waals surface area contributed by atoms with Crippen molar-refractivity contribution in [3.05, 3.63) is 54.1 Å². The standard InChI is InChI=1S/C24H28N4O4/c1-16-4-8-21(9-5-16)27-18(3)23(30)28(24(27)31)17(2)22(29)25-19-6-10-20(11-7-19)26-12-14-32-15-13-26/h4-11,17-18H,12-15H2,1-3H3,(H,25,29)/t17-,18+/m1/s1. The van der Waals surface area contributed by atoms with Crippen LogP contribution in [0.3, 0.4) is 0 Å². The molecule has 0 aromatic heterocycles. The topological polar surface area (TPSA) is 82.2 Å². The molecule has 0 unspecified atom stereocenters. The van der Waals surface area contributed by atoms with Crippen LogP contribution in [0.1, 0.15) is 19.4 Å². The van der Waals surface area contributed by atoms with Crippen molar-refractivity contribution in [3.63, 3.8) is 0 Å². The fraction of sp³-hybridized carbons (Fsp3) is 0.375. The van der Waals surface area contributed by atoms with Gasteiger partial charge in [0.25, 0.3) is 5.91 Å². The van der Waals surface area contributed by atoms with Gasteiger partial charge in [-0.2, -0.15) is 0 Å². The van der Waals surface area contributed by atoms with Gasteiger partial charge in [0.1, 0.15) is 12.1 Å². The van der Waals surface area contributed by atoms with Gasteiger partial charge in [-0.3, -0.25) is 14.5 Å². The van der Waals surface area contributed by atoms with Crippen LogP contribution in [0.4, 0.5) is 21.9 Å². The molecule has 4 amide bonds. The minimum atomic E-state index is -0.938. The largest absolute Gasteiger partial charge is 0.378 e. The maximum atomic E-state index is 13.1. The lowest BCUT2D eigenvalue weighted by Gasteiger charge is -2.29. The number of hydrogen-bond donors (Lipinski definition) is 1. The number of benzene rings is 2. The Morgan fingerprint density at radius 3 is 2.22 bits per heavy atom. The van der Waals surface area contributed by atoms with Crippen molar-refractivity contribution in [2.75, 3.05) is 41.4 Å². The molecule has 32 heavy (non-hydrogen) atoms. The van der Waals surface area contributed by atoms with E-state index in [4.69, 9.17) is 4.74 Å². The molecule has 0 saturated carbocycles. The molecule has 2 atom stereocenters. The lowest BCUT2D eigenvalue weighted by Crippen LogP contribution is -2.46. The van der Waals surface area contributed by atoms with E-state index in [-0.39, 0.29) is 5.91 Å². The zero-order valence-electron chi connectivity index (χ0n) is 18.6. The van der Waals surface area contributed by atoms with Crippen LogP contribution in [0.15, 0.2) is 48.5 Å². The van der Waals surface area contributed by atoms with Crippen molar-refractivity contribution in [1.29, 1.82) is 0 Å². The number of urea groups is 1. The van der Waals surface area contributed by atoms with Gasteiger partial charge >= 0.3 is 6.03 Å². The second-order valence-corrected chi connectivity index (χ2v) is 8.18. The summed E-state index contributed by atoms with van der Waals surface area (Å²) in [7, 11) is 0. The number of amides is 4. The number of morpholine rings is 1. The highest BCUT2D eigenvalue weighted by Gasteiger charge is 2.47. The quantitative estimate of drug-likeness (QED) is 0.729. The number of imide groups is 1. The summed E-state index contributed by atoms with van der Waals surface area (Å²) in [4.78, 5) is 43.5. The molecule has 168 valence electrons. The number of hydrogen-bond acceptors (Lipinski definition) is 5. The number of aryl methyl sites for hydroxylation is 1. The van der Waals surface area contributed by atoms with Crippen LogP contribution >= 0.6 is 0 Å². The maximum absolute atomic E-state index is 13.1. The lowest BCUT2D eigenvalue weighted by molar-refractivity contribution is -0.133. The smallest absolute Gasteiger partial charge is 0.332 e. The fourth-order valence-electron chi connectivity index (χ4n) is 4.02. The Hall–Kier alpha value is -3.39. The normalized spacial score (nSPS) is 20.0. The van der Waals surface area contributed by atoms with Gasteiger partial charge in [0.15, 0.2) is 0 Å². The number of ether oxygens (including phenoxy) is 1. The fourth-order valence-corrected chi connectivity index (χ4v) is 4.02. The molecule has 2 fully saturated rings. The van der Waals surface area contributed by atoms with E-state index < -0.39 is 24.0 Å². The predicted octanol–water partition coefficient (Wildman–Crippen LogP) is 3.02. The summed E-state index contributed by atoms with van der Waals surface area (Å²) in [6.07, 6.45) is 0. The van der Waals surface area contributed by atoms with E-state index in [1.165, 1.54) is 4.90 Å². The van der Waals surface area contributed by atoms with Gasteiger partial charge in [-0.25, -0.2) is 9.69 Å². The Morgan fingerprint density at radius 2 is 1.59 bits per heavy atom. The molecular formula is C24H28N4O4. The third-order valence-electron chi connectivity index (χ3n) is 5.98. The van der Waals surface area contributed by atoms with E-state index in [0.717, 1.165) is 29.2 Å². The Morgan fingerprint density at radius 1 is 1.00 bits per heavy atom. The molecule has 2 aliphatic heterocycles. The van der Waals surface area contributed by atoms with Gasteiger partial charge in [0, 0.05) is 30.2 Å². The third kappa shape index (κ3) is 4.18. The summed E-state index contributed by atoms with van der Waals surface area (Å²) in [5.74, 6) is -0.801. The molecule has 2 aromatic carbocycles. The first-order chi connectivity index (χ1) is 15.4. The van der Waals surface area contributed by atoms with Crippen LogP contribution in [0.5, 0.6) is 0 Å². The van der Waals surface area contributed by atoms with Crippen molar-refractivity contribution >= 4 is 34.9 Å². The van der Waals surface area contributed by atoms with Crippen molar-refractivity contribution in [2.45, 2.75) is 32.9 Å². The Balaban J connectivity index is 1.44. The van der Waals surface area contributed by atoms with Gasteiger partial charge in [0.05, 0.1) is 13.2 Å². The summed E-state index contributed by atoms with van der Waals surface area (Å²) >= 11 is 0.